The summed E-state index contributed by atoms with van der Waals surface area (Å²) in [4.78, 5) is 0. The van der Waals surface area contributed by atoms with Gasteiger partial charge in [-0.05, 0) is 26.3 Å². The summed E-state index contributed by atoms with van der Waals surface area (Å²) in [6, 6.07) is 0.582. The molecule has 0 bridgehead atoms. The van der Waals surface area contributed by atoms with E-state index in [2.05, 4.69) is 20.8 Å². The summed E-state index contributed by atoms with van der Waals surface area (Å²) in [5.41, 5.74) is 0. The first-order valence-electron chi connectivity index (χ1n) is 6.07. The van der Waals surface area contributed by atoms with Gasteiger partial charge in [0.1, 0.15) is 0 Å². The van der Waals surface area contributed by atoms with Crippen LogP contribution in [0.2, 0.25) is 0 Å². The Hall–Kier alpha value is -1.14. The van der Waals surface area contributed by atoms with Crippen LogP contribution in [-0.2, 0) is 4.74 Å². The lowest BCUT2D eigenvalue weighted by atomic mass is 10.3. The molecule has 0 fully saturated rings. The van der Waals surface area contributed by atoms with Crippen LogP contribution in [0.5, 0.6) is 0 Å². The van der Waals surface area contributed by atoms with Crippen molar-refractivity contribution in [2.24, 2.45) is 0 Å². The highest BCUT2D eigenvalue weighted by Crippen LogP contribution is 2.13. The van der Waals surface area contributed by atoms with Gasteiger partial charge in [-0.3, -0.25) is 0 Å². The molecule has 1 rings (SSSR count). The first-order valence-corrected chi connectivity index (χ1v) is 6.07. The van der Waals surface area contributed by atoms with Gasteiger partial charge in [-0.2, -0.15) is 0 Å². The molecule has 0 amide bonds. The van der Waals surface area contributed by atoms with E-state index in [4.69, 9.17) is 9.15 Å². The van der Waals surface area contributed by atoms with Crippen LogP contribution in [0.1, 0.15) is 38.6 Å². The Labute approximate surface area is 102 Å². The zero-order valence-corrected chi connectivity index (χ0v) is 10.8. The van der Waals surface area contributed by atoms with Gasteiger partial charge < -0.3 is 19.8 Å². The van der Waals surface area contributed by atoms with E-state index >= 15 is 0 Å². The molecule has 0 saturated carbocycles. The lowest BCUT2D eigenvalue weighted by Crippen LogP contribution is -2.17. The first kappa shape index (κ1) is 13.9. The number of aromatic nitrogens is 2. The van der Waals surface area contributed by atoms with E-state index < -0.39 is 0 Å². The Bertz CT molecular complexity index is 303. The number of hydrogen-bond donors (Lipinski definition) is 2. The van der Waals surface area contributed by atoms with Gasteiger partial charge in [0.05, 0.1) is 6.04 Å². The molecule has 0 aliphatic heterocycles. The largest absolute Gasteiger partial charge is 0.406 e. The van der Waals surface area contributed by atoms with E-state index in [9.17, 15) is 0 Å². The molecule has 0 saturated heterocycles. The van der Waals surface area contributed by atoms with Crippen LogP contribution < -0.4 is 10.6 Å². The molecule has 1 unspecified atom stereocenters. The highest BCUT2D eigenvalue weighted by atomic mass is 16.5. The standard InChI is InChI=1S/C11H22N4O2/c1-4-12-9(2)10-14-15-11(17-10)13-7-5-6-8-16-3/h9,12H,4-8H2,1-3H3,(H,13,15). The van der Waals surface area contributed by atoms with Gasteiger partial charge in [-0.15, -0.1) is 5.10 Å². The zero-order chi connectivity index (χ0) is 12.5. The predicted molar refractivity (Wildman–Crippen MR) is 66.0 cm³/mol. The summed E-state index contributed by atoms with van der Waals surface area (Å²) >= 11 is 0. The lowest BCUT2D eigenvalue weighted by Gasteiger charge is -2.05. The smallest absolute Gasteiger partial charge is 0.315 e. The number of methoxy groups -OCH3 is 1. The van der Waals surface area contributed by atoms with Gasteiger partial charge in [0.15, 0.2) is 0 Å². The Morgan fingerprint density at radius 1 is 1.35 bits per heavy atom. The molecule has 1 aromatic rings. The summed E-state index contributed by atoms with van der Waals surface area (Å²) in [7, 11) is 1.71. The molecular weight excluding hydrogens is 220 g/mol. The Morgan fingerprint density at radius 3 is 2.88 bits per heavy atom. The molecule has 1 atom stereocenters. The van der Waals surface area contributed by atoms with Gasteiger partial charge in [-0.25, -0.2) is 0 Å². The van der Waals surface area contributed by atoms with Crippen molar-refractivity contribution in [3.05, 3.63) is 5.89 Å². The molecule has 2 N–H and O–H groups in total. The second kappa shape index (κ2) is 8.03. The minimum absolute atomic E-state index is 0.0940. The minimum atomic E-state index is 0.0940. The zero-order valence-electron chi connectivity index (χ0n) is 10.8. The molecule has 0 aliphatic carbocycles. The summed E-state index contributed by atoms with van der Waals surface area (Å²) in [5, 5.41) is 14.2. The number of rotatable bonds is 9. The Morgan fingerprint density at radius 2 is 2.18 bits per heavy atom. The predicted octanol–water partition coefficient (Wildman–Crippen LogP) is 1.58. The first-order chi connectivity index (χ1) is 8.27. The van der Waals surface area contributed by atoms with Crippen molar-refractivity contribution in [1.82, 2.24) is 15.5 Å². The molecule has 6 nitrogen and oxygen atoms in total. The topological polar surface area (TPSA) is 72.2 Å². The molecular formula is C11H22N4O2. The number of nitrogens with zero attached hydrogens (tertiary/aromatic N) is 2. The average molecular weight is 242 g/mol. The molecule has 1 heterocycles. The van der Waals surface area contributed by atoms with E-state index in [1.165, 1.54) is 0 Å². The van der Waals surface area contributed by atoms with Crippen LogP contribution in [-0.4, -0.2) is 37.0 Å². The molecule has 6 heteroatoms. The fourth-order valence-corrected chi connectivity index (χ4v) is 1.44. The normalized spacial score (nSPS) is 12.6. The Balaban J connectivity index is 2.25. The summed E-state index contributed by atoms with van der Waals surface area (Å²) in [5.74, 6) is 0.617. The van der Waals surface area contributed by atoms with Crippen LogP contribution in [0, 0.1) is 0 Å². The van der Waals surface area contributed by atoms with Crippen molar-refractivity contribution in [2.75, 3.05) is 32.1 Å². The van der Waals surface area contributed by atoms with Gasteiger partial charge in [-0.1, -0.05) is 12.0 Å². The highest BCUT2D eigenvalue weighted by Gasteiger charge is 2.11. The van der Waals surface area contributed by atoms with E-state index in [1.807, 2.05) is 13.8 Å². The number of nitrogens with one attached hydrogen (secondary N) is 2. The third kappa shape index (κ3) is 5.14. The van der Waals surface area contributed by atoms with E-state index in [-0.39, 0.29) is 6.04 Å². The maximum Gasteiger partial charge on any atom is 0.315 e. The van der Waals surface area contributed by atoms with Crippen LogP contribution in [0.25, 0.3) is 0 Å². The van der Waals surface area contributed by atoms with E-state index in [1.54, 1.807) is 7.11 Å². The lowest BCUT2D eigenvalue weighted by molar-refractivity contribution is 0.193. The monoisotopic (exact) mass is 242 g/mol. The van der Waals surface area contributed by atoms with Crippen molar-refractivity contribution in [1.29, 1.82) is 0 Å². The number of hydrogen-bond acceptors (Lipinski definition) is 6. The highest BCUT2D eigenvalue weighted by molar-refractivity contribution is 5.16. The van der Waals surface area contributed by atoms with Crippen molar-refractivity contribution < 1.29 is 9.15 Å². The molecule has 1 aromatic heterocycles. The summed E-state index contributed by atoms with van der Waals surface area (Å²) in [6.45, 7) is 6.53. The number of ether oxygens (including phenoxy) is 1. The molecule has 0 aromatic carbocycles. The van der Waals surface area contributed by atoms with Crippen LogP contribution in [0.3, 0.4) is 0 Å². The van der Waals surface area contributed by atoms with E-state index in [0.717, 1.165) is 32.5 Å². The van der Waals surface area contributed by atoms with Gasteiger partial charge in [0.25, 0.3) is 0 Å². The molecule has 17 heavy (non-hydrogen) atoms. The summed E-state index contributed by atoms with van der Waals surface area (Å²) < 4.78 is 10.4. The third-order valence-electron chi connectivity index (χ3n) is 2.37. The van der Waals surface area contributed by atoms with E-state index in [0.29, 0.717) is 11.9 Å². The number of unbranched alkanes of at least 4 members (excludes halogenated alkanes) is 1. The molecule has 0 radical (unpaired) electrons. The number of anilines is 1. The maximum atomic E-state index is 5.48. The van der Waals surface area contributed by atoms with Crippen molar-refractivity contribution >= 4 is 6.01 Å². The van der Waals surface area contributed by atoms with Crippen molar-refractivity contribution in [2.45, 2.75) is 32.7 Å². The molecule has 98 valence electrons. The van der Waals surface area contributed by atoms with Gasteiger partial charge in [0, 0.05) is 20.3 Å². The Kier molecular flexibility index (Phi) is 6.57. The fraction of sp³-hybridized carbons (Fsp3) is 0.818. The van der Waals surface area contributed by atoms with Crippen LogP contribution in [0.4, 0.5) is 6.01 Å². The van der Waals surface area contributed by atoms with Gasteiger partial charge >= 0.3 is 6.01 Å². The summed E-state index contributed by atoms with van der Waals surface area (Å²) in [6.07, 6.45) is 2.05. The SMILES string of the molecule is CCNC(C)c1nnc(NCCCCOC)o1. The minimum Gasteiger partial charge on any atom is -0.406 e. The van der Waals surface area contributed by atoms with Crippen molar-refractivity contribution in [3.63, 3.8) is 0 Å². The molecule has 0 spiro atoms. The van der Waals surface area contributed by atoms with Crippen LogP contribution in [0.15, 0.2) is 4.42 Å². The maximum absolute atomic E-state index is 5.48. The second-order valence-corrected chi connectivity index (χ2v) is 3.85. The van der Waals surface area contributed by atoms with Crippen LogP contribution >= 0.6 is 0 Å². The quantitative estimate of drug-likeness (QED) is 0.641. The molecule has 0 aliphatic rings. The average Bonchev–Trinajstić information content (AvgIpc) is 2.78. The third-order valence-corrected chi connectivity index (χ3v) is 2.37. The van der Waals surface area contributed by atoms with Crippen molar-refractivity contribution in [3.8, 4) is 0 Å². The second-order valence-electron chi connectivity index (χ2n) is 3.85. The fourth-order valence-electron chi connectivity index (χ4n) is 1.44. The van der Waals surface area contributed by atoms with Gasteiger partial charge in [0.2, 0.25) is 5.89 Å².